The van der Waals surface area contributed by atoms with Gasteiger partial charge in [0.1, 0.15) is 18.0 Å². The van der Waals surface area contributed by atoms with E-state index in [1.165, 1.54) is 0 Å². The van der Waals surface area contributed by atoms with E-state index in [4.69, 9.17) is 4.98 Å². The number of piperazine rings is 1. The first kappa shape index (κ1) is 22.2. The van der Waals surface area contributed by atoms with Crippen molar-refractivity contribution in [3.05, 3.63) is 66.7 Å². The topological polar surface area (TPSA) is 90.9 Å². The van der Waals surface area contributed by atoms with Crippen LogP contribution in [0.2, 0.25) is 0 Å². The predicted molar refractivity (Wildman–Crippen MR) is 138 cm³/mol. The number of aromatic nitrogens is 4. The normalized spacial score (nSPS) is 18.8. The molecule has 1 saturated carbocycles. The van der Waals surface area contributed by atoms with Crippen molar-refractivity contribution in [2.45, 2.75) is 32.7 Å². The lowest BCUT2D eigenvalue weighted by molar-refractivity contribution is -0.137. The van der Waals surface area contributed by atoms with Gasteiger partial charge in [0, 0.05) is 49.0 Å². The Kier molecular flexibility index (Phi) is 5.22. The minimum absolute atomic E-state index is 0.107. The standard InChI is InChI=1S/C28H27N7O/c1-19-16-33(27(36)28(2)9-10-28)12-13-34(19)25-24-22(21-6-4-3-5-7-21)17-35(26(24)32-18-31-25)23-14-20(15-29)8-11-30-23/h3-8,11,14,17-19H,9-10,12-13,16H2,1-2H3/t19-/m0/s1. The van der Waals surface area contributed by atoms with E-state index >= 15 is 0 Å². The fraction of sp³-hybridized carbons (Fsp3) is 0.321. The second kappa shape index (κ2) is 8.45. The number of carbonyl (C=O) groups is 1. The van der Waals surface area contributed by atoms with Crippen LogP contribution < -0.4 is 4.90 Å². The largest absolute Gasteiger partial charge is 0.350 e. The van der Waals surface area contributed by atoms with Gasteiger partial charge in [-0.05, 0) is 37.5 Å². The first-order chi connectivity index (χ1) is 17.5. The molecular formula is C28H27N7O. The lowest BCUT2D eigenvalue weighted by Crippen LogP contribution is -2.55. The van der Waals surface area contributed by atoms with Crippen molar-refractivity contribution in [3.8, 4) is 23.0 Å². The molecule has 6 rings (SSSR count). The summed E-state index contributed by atoms with van der Waals surface area (Å²) in [6.07, 6.45) is 7.24. The molecule has 1 saturated heterocycles. The summed E-state index contributed by atoms with van der Waals surface area (Å²) in [4.78, 5) is 31.2. The van der Waals surface area contributed by atoms with Crippen molar-refractivity contribution < 1.29 is 4.79 Å². The predicted octanol–water partition coefficient (Wildman–Crippen LogP) is 4.19. The highest BCUT2D eigenvalue weighted by molar-refractivity contribution is 6.02. The van der Waals surface area contributed by atoms with Crippen molar-refractivity contribution in [3.63, 3.8) is 0 Å². The maximum atomic E-state index is 13.0. The molecule has 0 spiro atoms. The highest BCUT2D eigenvalue weighted by Gasteiger charge is 2.48. The number of carbonyl (C=O) groups excluding carboxylic acids is 1. The molecule has 0 unspecified atom stereocenters. The van der Waals surface area contributed by atoms with Gasteiger partial charge in [0.05, 0.1) is 17.0 Å². The van der Waals surface area contributed by atoms with Crippen LogP contribution in [0, 0.1) is 16.7 Å². The Morgan fingerprint density at radius 3 is 2.64 bits per heavy atom. The highest BCUT2D eigenvalue weighted by atomic mass is 16.2. The van der Waals surface area contributed by atoms with Crippen molar-refractivity contribution in [1.82, 2.24) is 24.4 Å². The molecule has 8 heteroatoms. The summed E-state index contributed by atoms with van der Waals surface area (Å²) in [6.45, 7) is 6.28. The number of rotatable bonds is 4. The SMILES string of the molecule is C[C@H]1CN(C(=O)C2(C)CC2)CCN1c1ncnc2c1c(-c1ccccc1)cn2-c1cc(C#N)ccn1. The maximum Gasteiger partial charge on any atom is 0.228 e. The minimum atomic E-state index is -0.160. The summed E-state index contributed by atoms with van der Waals surface area (Å²) in [6, 6.07) is 15.9. The van der Waals surface area contributed by atoms with Gasteiger partial charge in [0.2, 0.25) is 5.91 Å². The van der Waals surface area contributed by atoms with Crippen LogP contribution in [-0.2, 0) is 4.79 Å². The highest BCUT2D eigenvalue weighted by Crippen LogP contribution is 2.47. The minimum Gasteiger partial charge on any atom is -0.350 e. The first-order valence-electron chi connectivity index (χ1n) is 12.3. The Bertz CT molecular complexity index is 1500. The van der Waals surface area contributed by atoms with Crippen molar-refractivity contribution in [1.29, 1.82) is 5.26 Å². The van der Waals surface area contributed by atoms with E-state index in [2.05, 4.69) is 46.9 Å². The summed E-state index contributed by atoms with van der Waals surface area (Å²) in [5, 5.41) is 10.4. The fourth-order valence-electron chi connectivity index (χ4n) is 5.13. The van der Waals surface area contributed by atoms with E-state index in [1.54, 1.807) is 24.7 Å². The molecule has 4 heterocycles. The monoisotopic (exact) mass is 477 g/mol. The van der Waals surface area contributed by atoms with Gasteiger partial charge in [0.15, 0.2) is 5.65 Å². The first-order valence-corrected chi connectivity index (χ1v) is 12.3. The number of nitriles is 1. The van der Waals surface area contributed by atoms with Crippen molar-refractivity contribution in [2.24, 2.45) is 5.41 Å². The van der Waals surface area contributed by atoms with Crippen LogP contribution in [0.25, 0.3) is 28.0 Å². The smallest absolute Gasteiger partial charge is 0.228 e. The quantitative estimate of drug-likeness (QED) is 0.438. The van der Waals surface area contributed by atoms with Crippen LogP contribution in [0.1, 0.15) is 32.3 Å². The number of hydrogen-bond acceptors (Lipinski definition) is 6. The zero-order valence-corrected chi connectivity index (χ0v) is 20.4. The zero-order chi connectivity index (χ0) is 24.9. The molecule has 8 nitrogen and oxygen atoms in total. The molecule has 1 amide bonds. The van der Waals surface area contributed by atoms with Crippen molar-refractivity contribution in [2.75, 3.05) is 24.5 Å². The number of amides is 1. The maximum absolute atomic E-state index is 13.0. The molecule has 0 N–H and O–H groups in total. The Morgan fingerprint density at radius 1 is 1.11 bits per heavy atom. The number of fused-ring (bicyclic) bond motifs is 1. The molecule has 0 bridgehead atoms. The number of benzene rings is 1. The number of anilines is 1. The Labute approximate surface area is 209 Å². The lowest BCUT2D eigenvalue weighted by atomic mass is 10.0. The second-order valence-electron chi connectivity index (χ2n) is 10.0. The summed E-state index contributed by atoms with van der Waals surface area (Å²) in [5.41, 5.74) is 3.17. The molecule has 1 atom stereocenters. The van der Waals surface area contributed by atoms with Crippen LogP contribution in [0.3, 0.4) is 0 Å². The molecule has 1 aliphatic carbocycles. The molecule has 36 heavy (non-hydrogen) atoms. The van der Waals surface area contributed by atoms with E-state index in [1.807, 2.05) is 33.9 Å². The average molecular weight is 478 g/mol. The number of nitrogens with zero attached hydrogens (tertiary/aromatic N) is 7. The molecule has 3 aromatic heterocycles. The van der Waals surface area contributed by atoms with Gasteiger partial charge >= 0.3 is 0 Å². The van der Waals surface area contributed by atoms with Gasteiger partial charge in [-0.2, -0.15) is 5.26 Å². The second-order valence-corrected chi connectivity index (χ2v) is 10.0. The van der Waals surface area contributed by atoms with Gasteiger partial charge in [0.25, 0.3) is 0 Å². The van der Waals surface area contributed by atoms with Crippen LogP contribution in [0.4, 0.5) is 5.82 Å². The van der Waals surface area contributed by atoms with Gasteiger partial charge < -0.3 is 9.80 Å². The van der Waals surface area contributed by atoms with E-state index in [9.17, 15) is 10.1 Å². The summed E-state index contributed by atoms with van der Waals surface area (Å²) < 4.78 is 1.93. The van der Waals surface area contributed by atoms with E-state index in [0.29, 0.717) is 31.0 Å². The number of hydrogen-bond donors (Lipinski definition) is 0. The summed E-state index contributed by atoms with van der Waals surface area (Å²) >= 11 is 0. The molecule has 0 radical (unpaired) electrons. The van der Waals surface area contributed by atoms with E-state index in [-0.39, 0.29) is 17.4 Å². The van der Waals surface area contributed by atoms with E-state index in [0.717, 1.165) is 40.8 Å². The summed E-state index contributed by atoms with van der Waals surface area (Å²) in [7, 11) is 0. The molecule has 1 aromatic carbocycles. The molecule has 4 aromatic rings. The zero-order valence-electron chi connectivity index (χ0n) is 20.4. The van der Waals surface area contributed by atoms with E-state index < -0.39 is 0 Å². The van der Waals surface area contributed by atoms with Gasteiger partial charge in [-0.25, -0.2) is 15.0 Å². The van der Waals surface area contributed by atoms with Crippen LogP contribution >= 0.6 is 0 Å². The Balaban J connectivity index is 1.46. The summed E-state index contributed by atoms with van der Waals surface area (Å²) in [5.74, 6) is 1.76. The Hall–Kier alpha value is -4.25. The molecule has 2 aliphatic rings. The fourth-order valence-corrected chi connectivity index (χ4v) is 5.13. The van der Waals surface area contributed by atoms with Crippen molar-refractivity contribution >= 4 is 22.8 Å². The Morgan fingerprint density at radius 2 is 1.92 bits per heavy atom. The van der Waals surface area contributed by atoms with Gasteiger partial charge in [-0.1, -0.05) is 37.3 Å². The third-order valence-corrected chi connectivity index (χ3v) is 7.47. The number of pyridine rings is 1. The third-order valence-electron chi connectivity index (χ3n) is 7.47. The van der Waals surface area contributed by atoms with Crippen LogP contribution in [0.15, 0.2) is 61.2 Å². The molecule has 180 valence electrons. The van der Waals surface area contributed by atoms with Gasteiger partial charge in [-0.15, -0.1) is 0 Å². The van der Waals surface area contributed by atoms with Crippen LogP contribution in [0.5, 0.6) is 0 Å². The third kappa shape index (κ3) is 3.68. The van der Waals surface area contributed by atoms with Crippen LogP contribution in [-0.4, -0.2) is 56.0 Å². The molecule has 1 aliphatic heterocycles. The molecular weight excluding hydrogens is 450 g/mol. The average Bonchev–Trinajstić information content (AvgIpc) is 3.55. The lowest BCUT2D eigenvalue weighted by Gasteiger charge is -2.41. The molecule has 2 fully saturated rings. The van der Waals surface area contributed by atoms with Gasteiger partial charge in [-0.3, -0.25) is 9.36 Å².